The second-order valence-electron chi connectivity index (χ2n) is 8.08. The average molecular weight is 405 g/mol. The number of aryl methyl sites for hydroxylation is 1. The standard InChI is InChI=1S/C29H24O2/c1-19-17-26(21-13-7-4-8-14-21)28(29(30)31-2)27-23-16-10-9-15-22(23)25(18-24(19)27)20-11-5-3-6-12-20/h3-17,25H,18H2,1-2H3. The van der Waals surface area contributed by atoms with Gasteiger partial charge in [-0.1, -0.05) is 91.0 Å². The number of benzene rings is 4. The van der Waals surface area contributed by atoms with Crippen molar-refractivity contribution in [2.75, 3.05) is 7.11 Å². The summed E-state index contributed by atoms with van der Waals surface area (Å²) in [5, 5.41) is 0. The van der Waals surface area contributed by atoms with Gasteiger partial charge in [0.25, 0.3) is 0 Å². The molecule has 1 aliphatic carbocycles. The lowest BCUT2D eigenvalue weighted by Crippen LogP contribution is -2.18. The summed E-state index contributed by atoms with van der Waals surface area (Å²) in [6, 6.07) is 31.4. The highest BCUT2D eigenvalue weighted by molar-refractivity contribution is 6.06. The predicted molar refractivity (Wildman–Crippen MR) is 125 cm³/mol. The Balaban J connectivity index is 1.82. The minimum atomic E-state index is -0.289. The van der Waals surface area contributed by atoms with Gasteiger partial charge in [0.05, 0.1) is 12.7 Å². The fourth-order valence-corrected chi connectivity index (χ4v) is 4.90. The molecule has 31 heavy (non-hydrogen) atoms. The summed E-state index contributed by atoms with van der Waals surface area (Å²) in [6.07, 6.45) is 0.862. The number of methoxy groups -OCH3 is 1. The van der Waals surface area contributed by atoms with Crippen LogP contribution in [0.25, 0.3) is 22.3 Å². The van der Waals surface area contributed by atoms with Crippen molar-refractivity contribution in [1.82, 2.24) is 0 Å². The van der Waals surface area contributed by atoms with Gasteiger partial charge in [0, 0.05) is 11.5 Å². The molecule has 0 aromatic heterocycles. The zero-order valence-electron chi connectivity index (χ0n) is 17.8. The van der Waals surface area contributed by atoms with Crippen molar-refractivity contribution in [1.29, 1.82) is 0 Å². The van der Waals surface area contributed by atoms with Crippen LogP contribution in [-0.2, 0) is 11.2 Å². The van der Waals surface area contributed by atoms with Gasteiger partial charge in [-0.3, -0.25) is 0 Å². The van der Waals surface area contributed by atoms with Crippen LogP contribution in [0, 0.1) is 6.92 Å². The Morgan fingerprint density at radius 3 is 2.19 bits per heavy atom. The van der Waals surface area contributed by atoms with Crippen LogP contribution in [0.3, 0.4) is 0 Å². The summed E-state index contributed by atoms with van der Waals surface area (Å²) >= 11 is 0. The Bertz CT molecular complexity index is 1260. The lowest BCUT2D eigenvalue weighted by Gasteiger charge is -2.31. The lowest BCUT2D eigenvalue weighted by atomic mass is 9.72. The van der Waals surface area contributed by atoms with Gasteiger partial charge >= 0.3 is 5.97 Å². The van der Waals surface area contributed by atoms with Gasteiger partial charge in [-0.25, -0.2) is 4.79 Å². The molecule has 0 amide bonds. The van der Waals surface area contributed by atoms with E-state index in [-0.39, 0.29) is 11.9 Å². The van der Waals surface area contributed by atoms with Crippen LogP contribution < -0.4 is 0 Å². The first-order valence-electron chi connectivity index (χ1n) is 10.6. The molecule has 0 saturated heterocycles. The first-order valence-corrected chi connectivity index (χ1v) is 10.6. The Kier molecular flexibility index (Phi) is 4.91. The Hall–Kier alpha value is -3.65. The normalized spacial score (nSPS) is 14.5. The Morgan fingerprint density at radius 2 is 1.48 bits per heavy atom. The predicted octanol–water partition coefficient (Wildman–Crippen LogP) is 6.80. The highest BCUT2D eigenvalue weighted by Crippen LogP contribution is 2.47. The summed E-state index contributed by atoms with van der Waals surface area (Å²) < 4.78 is 5.29. The van der Waals surface area contributed by atoms with Gasteiger partial charge in [0.15, 0.2) is 0 Å². The van der Waals surface area contributed by atoms with Crippen LogP contribution >= 0.6 is 0 Å². The molecule has 0 heterocycles. The highest BCUT2D eigenvalue weighted by atomic mass is 16.5. The van der Waals surface area contributed by atoms with Crippen molar-refractivity contribution in [3.63, 3.8) is 0 Å². The van der Waals surface area contributed by atoms with Crippen LogP contribution in [-0.4, -0.2) is 13.1 Å². The number of carbonyl (C=O) groups is 1. The zero-order chi connectivity index (χ0) is 21.4. The molecule has 2 heteroatoms. The molecule has 0 bridgehead atoms. The fourth-order valence-electron chi connectivity index (χ4n) is 4.90. The first kappa shape index (κ1) is 19.3. The second-order valence-corrected chi connectivity index (χ2v) is 8.08. The quantitative estimate of drug-likeness (QED) is 0.351. The van der Waals surface area contributed by atoms with E-state index in [1.54, 1.807) is 0 Å². The van der Waals surface area contributed by atoms with Gasteiger partial charge in [-0.2, -0.15) is 0 Å². The van der Waals surface area contributed by atoms with E-state index in [1.165, 1.54) is 29.4 Å². The second kappa shape index (κ2) is 7.88. The molecular formula is C29H24O2. The monoisotopic (exact) mass is 404 g/mol. The van der Waals surface area contributed by atoms with E-state index in [2.05, 4.69) is 79.7 Å². The fraction of sp³-hybridized carbons (Fsp3) is 0.138. The van der Waals surface area contributed by atoms with Gasteiger partial charge in [0.2, 0.25) is 0 Å². The Morgan fingerprint density at radius 1 is 0.839 bits per heavy atom. The SMILES string of the molecule is COC(=O)c1c(-c2ccccc2)cc(C)c2c1-c1ccccc1C(c1ccccc1)C2. The number of rotatable bonds is 3. The maximum Gasteiger partial charge on any atom is 0.339 e. The molecule has 152 valence electrons. The van der Waals surface area contributed by atoms with Crippen LogP contribution in [0.1, 0.15) is 38.5 Å². The van der Waals surface area contributed by atoms with E-state index in [9.17, 15) is 4.79 Å². The molecule has 0 saturated carbocycles. The van der Waals surface area contributed by atoms with Crippen LogP contribution in [0.2, 0.25) is 0 Å². The third-order valence-electron chi connectivity index (χ3n) is 6.35. The molecule has 0 spiro atoms. The number of carbonyl (C=O) groups excluding carboxylic acids is 1. The van der Waals surface area contributed by atoms with Crippen LogP contribution in [0.4, 0.5) is 0 Å². The lowest BCUT2D eigenvalue weighted by molar-refractivity contribution is 0.0602. The van der Waals surface area contributed by atoms with E-state index in [4.69, 9.17) is 4.74 Å². The Labute approximate surface area is 183 Å². The molecule has 2 nitrogen and oxygen atoms in total. The maximum atomic E-state index is 13.1. The maximum absolute atomic E-state index is 13.1. The molecule has 1 aliphatic rings. The number of fused-ring (bicyclic) bond motifs is 3. The van der Waals surface area contributed by atoms with E-state index >= 15 is 0 Å². The van der Waals surface area contributed by atoms with Crippen LogP contribution in [0.15, 0.2) is 91.0 Å². The molecule has 1 atom stereocenters. The molecule has 0 N–H and O–H groups in total. The molecule has 4 aromatic carbocycles. The summed E-state index contributed by atoms with van der Waals surface area (Å²) in [4.78, 5) is 13.1. The molecule has 4 aromatic rings. The van der Waals surface area contributed by atoms with Gasteiger partial charge in [0.1, 0.15) is 0 Å². The molecular weight excluding hydrogens is 380 g/mol. The zero-order valence-corrected chi connectivity index (χ0v) is 17.8. The van der Waals surface area contributed by atoms with Gasteiger partial charge < -0.3 is 4.74 Å². The average Bonchev–Trinajstić information content (AvgIpc) is 2.84. The summed E-state index contributed by atoms with van der Waals surface area (Å²) in [5.74, 6) is -0.0280. The van der Waals surface area contributed by atoms with E-state index < -0.39 is 0 Å². The third kappa shape index (κ3) is 3.25. The van der Waals surface area contributed by atoms with E-state index in [1.807, 2.05) is 18.2 Å². The van der Waals surface area contributed by atoms with E-state index in [0.29, 0.717) is 5.56 Å². The molecule has 0 fully saturated rings. The minimum Gasteiger partial charge on any atom is -0.465 e. The van der Waals surface area contributed by atoms with Crippen molar-refractivity contribution in [2.45, 2.75) is 19.3 Å². The van der Waals surface area contributed by atoms with E-state index in [0.717, 1.165) is 28.7 Å². The molecule has 0 radical (unpaired) electrons. The van der Waals surface area contributed by atoms with Crippen LogP contribution in [0.5, 0.6) is 0 Å². The minimum absolute atomic E-state index is 0.261. The third-order valence-corrected chi connectivity index (χ3v) is 6.35. The summed E-state index contributed by atoms with van der Waals surface area (Å²) in [7, 11) is 1.46. The van der Waals surface area contributed by atoms with Crippen molar-refractivity contribution in [2.24, 2.45) is 0 Å². The number of ether oxygens (including phenoxy) is 1. The van der Waals surface area contributed by atoms with Crippen molar-refractivity contribution in [3.05, 3.63) is 119 Å². The van der Waals surface area contributed by atoms with Gasteiger partial charge in [-0.15, -0.1) is 0 Å². The summed E-state index contributed by atoms with van der Waals surface area (Å²) in [6.45, 7) is 2.16. The smallest absolute Gasteiger partial charge is 0.339 e. The molecule has 5 rings (SSSR count). The molecule has 0 aliphatic heterocycles. The van der Waals surface area contributed by atoms with Crippen molar-refractivity contribution in [3.8, 4) is 22.3 Å². The number of esters is 1. The number of hydrogen-bond donors (Lipinski definition) is 0. The number of hydrogen-bond acceptors (Lipinski definition) is 2. The highest BCUT2D eigenvalue weighted by Gasteiger charge is 2.32. The topological polar surface area (TPSA) is 26.3 Å². The molecule has 1 unspecified atom stereocenters. The first-order chi connectivity index (χ1) is 15.2. The van der Waals surface area contributed by atoms with Crippen molar-refractivity contribution >= 4 is 5.97 Å². The van der Waals surface area contributed by atoms with Crippen molar-refractivity contribution < 1.29 is 9.53 Å². The summed E-state index contributed by atoms with van der Waals surface area (Å²) in [5.41, 5.74) is 9.75. The van der Waals surface area contributed by atoms with Gasteiger partial charge in [-0.05, 0) is 52.3 Å². The largest absolute Gasteiger partial charge is 0.465 e.